The van der Waals surface area contributed by atoms with E-state index < -0.39 is 37.5 Å². The van der Waals surface area contributed by atoms with Gasteiger partial charge in [-0.15, -0.1) is 0 Å². The van der Waals surface area contributed by atoms with Gasteiger partial charge in [-0.1, -0.05) is 12.2 Å². The Morgan fingerprint density at radius 2 is 1.60 bits per heavy atom. The summed E-state index contributed by atoms with van der Waals surface area (Å²) in [7, 11) is -11.1. The Hall–Kier alpha value is 0.650. The molecule has 0 amide bonds. The Kier molecular flexibility index (Phi) is 8.91. The predicted molar refractivity (Wildman–Crippen MR) is 59.2 cm³/mol. The maximum atomic E-state index is 11.5. The van der Waals surface area contributed by atoms with Crippen molar-refractivity contribution in [2.45, 2.75) is 31.4 Å². The third-order valence-corrected chi connectivity index (χ3v) is 6.22. The third-order valence-electron chi connectivity index (χ3n) is 2.31. The van der Waals surface area contributed by atoms with E-state index in [9.17, 15) is 13.9 Å². The molecule has 0 saturated carbocycles. The number of esters is 1. The Morgan fingerprint density at radius 1 is 1.25 bits per heavy atom. The second-order valence-corrected chi connectivity index (χ2v) is 7.92. The first-order valence-corrected chi connectivity index (χ1v) is 8.01. The van der Waals surface area contributed by atoms with Gasteiger partial charge in [-0.25, -0.2) is 0 Å². The second-order valence-electron chi connectivity index (χ2n) is 3.69. The third kappa shape index (κ3) is 5.13. The van der Waals surface area contributed by atoms with Crippen molar-refractivity contribution in [3.05, 3.63) is 0 Å². The van der Waals surface area contributed by atoms with Crippen LogP contribution in [-0.2, 0) is 18.7 Å². The summed E-state index contributed by atoms with van der Waals surface area (Å²) in [6.45, 7) is 1.66. The summed E-state index contributed by atoms with van der Waals surface area (Å²) in [5.74, 6) is -1.61. The van der Waals surface area contributed by atoms with Gasteiger partial charge in [0.1, 0.15) is 0 Å². The van der Waals surface area contributed by atoms with Crippen LogP contribution in [-0.4, -0.2) is 52.3 Å². The van der Waals surface area contributed by atoms with Crippen LogP contribution in [0.1, 0.15) is 21.7 Å². The maximum Gasteiger partial charge on any atom is 1.00 e. The van der Waals surface area contributed by atoms with Gasteiger partial charge in [0.25, 0.3) is 0 Å². The Labute approximate surface area is 137 Å². The van der Waals surface area contributed by atoms with Crippen LogP contribution in [0.15, 0.2) is 0 Å². The van der Waals surface area contributed by atoms with Crippen LogP contribution < -0.4 is 29.6 Å². The number of hydrogen-bond donors (Lipinski definition) is 6. The zero-order valence-corrected chi connectivity index (χ0v) is 14.7. The molecule has 116 valence electrons. The van der Waals surface area contributed by atoms with Gasteiger partial charge in [0, 0.05) is 0 Å². The molecule has 0 saturated heterocycles. The fraction of sp³-hybridized carbons (Fsp3) is 0.833. The molecule has 0 aromatic carbocycles. The average Bonchev–Trinajstić information content (AvgIpc) is 2.13. The number of hydroxylamine groups is 2. The fourth-order valence-electron chi connectivity index (χ4n) is 0.971. The number of rotatable bonds is 6. The average molecular weight is 347 g/mol. The van der Waals surface area contributed by atoms with Crippen LogP contribution in [0.2, 0.25) is 0 Å². The minimum atomic E-state index is -5.53. The van der Waals surface area contributed by atoms with Gasteiger partial charge in [0.05, 0.1) is 0 Å². The van der Waals surface area contributed by atoms with E-state index in [4.69, 9.17) is 30.0 Å². The molecule has 0 bridgehead atoms. The topological polar surface area (TPSA) is 185 Å². The SMILES string of the molecule is CCC(C(=O)OC(C)(P(=O)(O)O)P(=O)(O)O)N(O)O.[H-].[Na+]. The van der Waals surface area contributed by atoms with Crippen LogP contribution in [0.3, 0.4) is 0 Å². The molecule has 0 radical (unpaired) electrons. The van der Waals surface area contributed by atoms with Crippen molar-refractivity contribution in [3.63, 3.8) is 0 Å². The number of hydrogen-bond acceptors (Lipinski definition) is 7. The molecule has 0 aliphatic heterocycles. The van der Waals surface area contributed by atoms with Crippen molar-refractivity contribution in [3.8, 4) is 0 Å². The first kappa shape index (κ1) is 22.9. The molecule has 0 rings (SSSR count). The zero-order valence-electron chi connectivity index (χ0n) is 11.9. The Morgan fingerprint density at radius 3 is 1.80 bits per heavy atom. The zero-order chi connectivity index (χ0) is 15.6. The summed E-state index contributed by atoms with van der Waals surface area (Å²) < 4.78 is 26.4. The quantitative estimate of drug-likeness (QED) is 0.121. The van der Waals surface area contributed by atoms with Gasteiger partial charge in [0.15, 0.2) is 6.04 Å². The van der Waals surface area contributed by atoms with Gasteiger partial charge >= 0.3 is 55.8 Å². The smallest absolute Gasteiger partial charge is 1.00 e. The predicted octanol–water partition coefficient (Wildman–Crippen LogP) is -3.47. The van der Waals surface area contributed by atoms with Crippen molar-refractivity contribution in [2.75, 3.05) is 0 Å². The van der Waals surface area contributed by atoms with E-state index >= 15 is 0 Å². The molecule has 1 atom stereocenters. The van der Waals surface area contributed by atoms with Crippen molar-refractivity contribution < 1.29 is 79.6 Å². The van der Waals surface area contributed by atoms with Crippen LogP contribution in [0.5, 0.6) is 0 Å². The van der Waals surface area contributed by atoms with Crippen molar-refractivity contribution in [1.29, 1.82) is 0 Å². The molecule has 0 aromatic rings. The monoisotopic (exact) mass is 347 g/mol. The van der Waals surface area contributed by atoms with Crippen LogP contribution in [0, 0.1) is 0 Å². The number of carbonyl (C=O) groups excluding carboxylic acids is 1. The molecule has 0 aromatic heterocycles. The molecule has 0 spiro atoms. The number of nitrogens with zero attached hydrogens (tertiary/aromatic N) is 1. The normalized spacial score (nSPS) is 14.7. The van der Waals surface area contributed by atoms with Crippen molar-refractivity contribution in [2.24, 2.45) is 0 Å². The van der Waals surface area contributed by atoms with E-state index in [2.05, 4.69) is 4.74 Å². The van der Waals surface area contributed by atoms with E-state index in [0.717, 1.165) is 0 Å². The molecule has 1 unspecified atom stereocenters. The van der Waals surface area contributed by atoms with Crippen LogP contribution in [0.4, 0.5) is 0 Å². The fourth-order valence-corrected chi connectivity index (χ4v) is 2.75. The van der Waals surface area contributed by atoms with Crippen molar-refractivity contribution >= 4 is 21.2 Å². The summed E-state index contributed by atoms with van der Waals surface area (Å²) >= 11 is 0. The van der Waals surface area contributed by atoms with Gasteiger partial charge in [0.2, 0.25) is 0 Å². The molecule has 0 aliphatic rings. The maximum absolute atomic E-state index is 11.5. The van der Waals surface area contributed by atoms with Crippen LogP contribution in [0.25, 0.3) is 0 Å². The minimum absolute atomic E-state index is 0. The minimum Gasteiger partial charge on any atom is -1.00 e. The molecule has 20 heavy (non-hydrogen) atoms. The first-order valence-electron chi connectivity index (χ1n) is 4.79. The first-order chi connectivity index (χ1) is 8.28. The summed E-state index contributed by atoms with van der Waals surface area (Å²) in [5.41, 5.74) is 0. The van der Waals surface area contributed by atoms with Crippen LogP contribution >= 0.6 is 15.2 Å². The molecule has 14 heteroatoms. The van der Waals surface area contributed by atoms with Crippen molar-refractivity contribution in [1.82, 2.24) is 5.23 Å². The molecule has 0 heterocycles. The molecule has 0 fully saturated rings. The van der Waals surface area contributed by atoms with E-state index in [0.29, 0.717) is 6.92 Å². The number of ether oxygens (including phenoxy) is 1. The van der Waals surface area contributed by atoms with E-state index in [1.165, 1.54) is 6.92 Å². The summed E-state index contributed by atoms with van der Waals surface area (Å²) in [4.78, 5) is 47.1. The van der Waals surface area contributed by atoms with Gasteiger partial charge in [-0.05, 0) is 13.3 Å². The van der Waals surface area contributed by atoms with Gasteiger partial charge < -0.3 is 25.7 Å². The van der Waals surface area contributed by atoms with E-state index in [1.54, 1.807) is 0 Å². The summed E-state index contributed by atoms with van der Waals surface area (Å²) in [5, 5.41) is 13.4. The van der Waals surface area contributed by atoms with E-state index in [1.807, 2.05) is 0 Å². The number of carbonyl (C=O) groups is 1. The largest absolute Gasteiger partial charge is 1.00 e. The van der Waals surface area contributed by atoms with Gasteiger partial charge in [-0.3, -0.25) is 24.3 Å². The second kappa shape index (κ2) is 7.77. The molecule has 0 aliphatic carbocycles. The molecule has 6 N–H and O–H groups in total. The standard InChI is InChI=1S/C6H15NO10P2.Na.H/c1-3-4(7(9)10)5(8)17-6(2,18(11,12)13)19(14,15)16;;/h4,9-10H,3H2,1-2H3,(H2,11,12,13)(H2,14,15,16);;/q;+1;-1. The Balaban J connectivity index is -0.00000162. The molecule has 11 nitrogen and oxygen atoms in total. The Bertz CT molecular complexity index is 413. The van der Waals surface area contributed by atoms with Gasteiger partial charge in [-0.2, -0.15) is 0 Å². The summed E-state index contributed by atoms with van der Waals surface area (Å²) in [6, 6.07) is -1.75. The molecular formula is C6H16NNaO10P2. The van der Waals surface area contributed by atoms with E-state index in [-0.39, 0.29) is 37.4 Å². The molecular weight excluding hydrogens is 331 g/mol. The summed E-state index contributed by atoms with van der Waals surface area (Å²) in [6.07, 6.45) is -0.246.